The third-order valence-electron chi connectivity index (χ3n) is 6.76. The van der Waals surface area contributed by atoms with E-state index in [9.17, 15) is 9.18 Å². The minimum atomic E-state index is -0.258. The predicted octanol–water partition coefficient (Wildman–Crippen LogP) is 3.63. The highest BCUT2D eigenvalue weighted by atomic mass is 19.1. The molecule has 2 aromatic heterocycles. The average molecular weight is 422 g/mol. The molecular weight excluding hydrogens is 393 g/mol. The molecule has 2 aliphatic rings. The van der Waals surface area contributed by atoms with Crippen molar-refractivity contribution >= 4 is 28.3 Å². The lowest BCUT2D eigenvalue weighted by Crippen LogP contribution is -2.47. The molecule has 3 heterocycles. The van der Waals surface area contributed by atoms with Gasteiger partial charge in [-0.3, -0.25) is 4.79 Å². The number of rotatable bonds is 5. The van der Waals surface area contributed by atoms with Crippen molar-refractivity contribution in [2.45, 2.75) is 31.8 Å². The Bertz CT molecular complexity index is 1100. The minimum absolute atomic E-state index is 0.0708. The van der Waals surface area contributed by atoms with Crippen molar-refractivity contribution < 1.29 is 9.18 Å². The fraction of sp³-hybridized carbons (Fsp3) is 0.417. The van der Waals surface area contributed by atoms with E-state index in [1.54, 1.807) is 13.0 Å². The molecule has 1 aromatic carbocycles. The first kappa shape index (κ1) is 20.0. The van der Waals surface area contributed by atoms with Crippen molar-refractivity contribution in [1.29, 1.82) is 0 Å². The molecule has 0 unspecified atom stereocenters. The summed E-state index contributed by atoms with van der Waals surface area (Å²) >= 11 is 0. The van der Waals surface area contributed by atoms with Gasteiger partial charge in [0.25, 0.3) is 0 Å². The number of hydrogen-bond acceptors (Lipinski definition) is 5. The Morgan fingerprint density at radius 1 is 1.06 bits per heavy atom. The summed E-state index contributed by atoms with van der Waals surface area (Å²) in [6.07, 6.45) is 4.20. The van der Waals surface area contributed by atoms with E-state index in [4.69, 9.17) is 4.98 Å². The predicted molar refractivity (Wildman–Crippen MR) is 122 cm³/mol. The van der Waals surface area contributed by atoms with Crippen LogP contribution in [0.5, 0.6) is 0 Å². The Kier molecular flexibility index (Phi) is 5.14. The largest absolute Gasteiger partial charge is 0.368 e. The van der Waals surface area contributed by atoms with Gasteiger partial charge in [-0.05, 0) is 63.2 Å². The number of piperazine rings is 1. The van der Waals surface area contributed by atoms with Crippen molar-refractivity contribution in [1.82, 2.24) is 14.9 Å². The quantitative estimate of drug-likeness (QED) is 0.638. The number of anilines is 2. The maximum absolute atomic E-state index is 14.9. The summed E-state index contributed by atoms with van der Waals surface area (Å²) < 4.78 is 17.1. The van der Waals surface area contributed by atoms with E-state index in [0.29, 0.717) is 31.0 Å². The average Bonchev–Trinajstić information content (AvgIpc) is 3.15. The number of fused-ring (bicyclic) bond motifs is 1. The smallest absolute Gasteiger partial charge is 0.167 e. The van der Waals surface area contributed by atoms with E-state index in [0.717, 1.165) is 48.2 Å². The molecule has 0 bridgehead atoms. The van der Waals surface area contributed by atoms with Crippen LogP contribution in [0.3, 0.4) is 0 Å². The maximum atomic E-state index is 14.9. The van der Waals surface area contributed by atoms with Crippen LogP contribution in [0.25, 0.3) is 11.0 Å². The van der Waals surface area contributed by atoms with Gasteiger partial charge in [-0.1, -0.05) is 0 Å². The molecule has 0 spiro atoms. The second kappa shape index (κ2) is 7.96. The third kappa shape index (κ3) is 3.67. The molecule has 1 saturated carbocycles. The van der Waals surface area contributed by atoms with E-state index in [-0.39, 0.29) is 11.6 Å². The standard InChI is InChI=1S/C24H28FN5O/c1-16(31)17-3-5-20(6-4-17)28-9-11-29(12-10-28)24-22(25)13-18-7-8-30(23(18)27-24)21-14-19(15-21)26-2/h3-8,13,19,21,26H,9-12,14-15H2,1-2H3. The van der Waals surface area contributed by atoms with Crippen molar-refractivity contribution in [3.05, 3.63) is 54.0 Å². The van der Waals surface area contributed by atoms with E-state index in [1.165, 1.54) is 0 Å². The highest BCUT2D eigenvalue weighted by molar-refractivity contribution is 5.94. The zero-order valence-electron chi connectivity index (χ0n) is 18.0. The van der Waals surface area contributed by atoms with Gasteiger partial charge < -0.3 is 19.7 Å². The molecule has 1 N–H and O–H groups in total. The van der Waals surface area contributed by atoms with Crippen molar-refractivity contribution in [3.63, 3.8) is 0 Å². The van der Waals surface area contributed by atoms with Crippen LogP contribution >= 0.6 is 0 Å². The van der Waals surface area contributed by atoms with Crippen molar-refractivity contribution in [2.24, 2.45) is 0 Å². The van der Waals surface area contributed by atoms with Crippen LogP contribution in [0.15, 0.2) is 42.6 Å². The van der Waals surface area contributed by atoms with Gasteiger partial charge in [0.1, 0.15) is 5.65 Å². The lowest BCUT2D eigenvalue weighted by molar-refractivity contribution is 0.101. The van der Waals surface area contributed by atoms with Crippen molar-refractivity contribution in [3.8, 4) is 0 Å². The Hall–Kier alpha value is -2.93. The summed E-state index contributed by atoms with van der Waals surface area (Å²) in [5.41, 5.74) is 2.68. The Morgan fingerprint density at radius 3 is 2.39 bits per heavy atom. The molecule has 0 atom stereocenters. The van der Waals surface area contributed by atoms with Gasteiger partial charge in [0.15, 0.2) is 17.4 Å². The SMILES string of the molecule is CNC1CC(n2ccc3cc(F)c(N4CCN(c5ccc(C(C)=O)cc5)CC4)nc32)C1. The Morgan fingerprint density at radius 2 is 1.74 bits per heavy atom. The van der Waals surface area contributed by atoms with E-state index >= 15 is 0 Å². The lowest BCUT2D eigenvalue weighted by Gasteiger charge is -2.37. The van der Waals surface area contributed by atoms with Crippen LogP contribution < -0.4 is 15.1 Å². The first-order valence-electron chi connectivity index (χ1n) is 11.0. The van der Waals surface area contributed by atoms with E-state index in [2.05, 4.69) is 14.8 Å². The topological polar surface area (TPSA) is 53.4 Å². The fourth-order valence-corrected chi connectivity index (χ4v) is 4.70. The normalized spacial score (nSPS) is 21.4. The summed E-state index contributed by atoms with van der Waals surface area (Å²) in [6, 6.07) is 12.3. The Balaban J connectivity index is 1.32. The number of aromatic nitrogens is 2. The minimum Gasteiger partial charge on any atom is -0.368 e. The number of carbonyl (C=O) groups excluding carboxylic acids is 1. The maximum Gasteiger partial charge on any atom is 0.167 e. The van der Waals surface area contributed by atoms with Crippen LogP contribution in [0, 0.1) is 5.82 Å². The molecule has 7 heteroatoms. The molecule has 31 heavy (non-hydrogen) atoms. The van der Waals surface area contributed by atoms with Gasteiger partial charge in [0.05, 0.1) is 0 Å². The van der Waals surface area contributed by atoms with Gasteiger partial charge in [0.2, 0.25) is 0 Å². The molecule has 1 aliphatic carbocycles. The van der Waals surface area contributed by atoms with Crippen LogP contribution in [0.4, 0.5) is 15.9 Å². The molecule has 2 fully saturated rings. The number of carbonyl (C=O) groups is 1. The van der Waals surface area contributed by atoms with Crippen LogP contribution in [0.1, 0.15) is 36.2 Å². The number of pyridine rings is 1. The second-order valence-corrected chi connectivity index (χ2v) is 8.62. The summed E-state index contributed by atoms with van der Waals surface area (Å²) in [6.45, 7) is 4.55. The molecule has 0 radical (unpaired) electrons. The summed E-state index contributed by atoms with van der Waals surface area (Å²) in [4.78, 5) is 20.6. The van der Waals surface area contributed by atoms with Gasteiger partial charge in [0, 0.05) is 61.1 Å². The molecule has 0 amide bonds. The number of benzene rings is 1. The highest BCUT2D eigenvalue weighted by Crippen LogP contribution is 2.35. The van der Waals surface area contributed by atoms with Crippen molar-refractivity contribution in [2.75, 3.05) is 43.0 Å². The number of nitrogens with zero attached hydrogens (tertiary/aromatic N) is 4. The molecule has 3 aromatic rings. The Labute approximate surface area is 181 Å². The molecule has 1 saturated heterocycles. The summed E-state index contributed by atoms with van der Waals surface area (Å²) in [5, 5.41) is 4.18. The van der Waals surface area contributed by atoms with Gasteiger partial charge in [-0.2, -0.15) is 0 Å². The second-order valence-electron chi connectivity index (χ2n) is 8.62. The summed E-state index contributed by atoms with van der Waals surface area (Å²) in [7, 11) is 2.00. The zero-order chi connectivity index (χ0) is 21.5. The van der Waals surface area contributed by atoms with Gasteiger partial charge in [-0.15, -0.1) is 0 Å². The highest BCUT2D eigenvalue weighted by Gasteiger charge is 2.30. The van der Waals surface area contributed by atoms with E-state index < -0.39 is 0 Å². The summed E-state index contributed by atoms with van der Waals surface area (Å²) in [5.74, 6) is 0.260. The van der Waals surface area contributed by atoms with Gasteiger partial charge >= 0.3 is 0 Å². The number of halogens is 1. The lowest BCUT2D eigenvalue weighted by atomic mass is 9.87. The number of hydrogen-bond donors (Lipinski definition) is 1. The zero-order valence-corrected chi connectivity index (χ0v) is 18.0. The molecule has 6 nitrogen and oxygen atoms in total. The van der Waals surface area contributed by atoms with Gasteiger partial charge in [-0.25, -0.2) is 9.37 Å². The van der Waals surface area contributed by atoms with E-state index in [1.807, 2.05) is 48.5 Å². The molecule has 5 rings (SSSR count). The van der Waals surface area contributed by atoms with Crippen LogP contribution in [0.2, 0.25) is 0 Å². The first-order chi connectivity index (χ1) is 15.0. The monoisotopic (exact) mass is 421 g/mol. The first-order valence-corrected chi connectivity index (χ1v) is 11.0. The fourth-order valence-electron chi connectivity index (χ4n) is 4.70. The number of ketones is 1. The van der Waals surface area contributed by atoms with Crippen LogP contribution in [-0.4, -0.2) is 54.6 Å². The molecule has 162 valence electrons. The number of Topliss-reactive ketones (excluding diaryl/α,β-unsaturated/α-hetero) is 1. The third-order valence-corrected chi connectivity index (χ3v) is 6.76. The van der Waals surface area contributed by atoms with Crippen LogP contribution in [-0.2, 0) is 0 Å². The molecule has 1 aliphatic heterocycles. The molecular formula is C24H28FN5O. The number of nitrogens with one attached hydrogen (secondary N) is 1.